The minimum absolute atomic E-state index is 0.0538. The van der Waals surface area contributed by atoms with Gasteiger partial charge in [0, 0.05) is 0 Å². The number of benzene rings is 1. The Morgan fingerprint density at radius 2 is 2.24 bits per heavy atom. The highest BCUT2D eigenvalue weighted by atomic mass is 16.6. The number of methoxy groups -OCH3 is 1. The van der Waals surface area contributed by atoms with Crippen LogP contribution in [0.15, 0.2) is 12.1 Å². The number of carbonyl (C=O) groups is 1. The van der Waals surface area contributed by atoms with Crippen molar-refractivity contribution in [2.45, 2.75) is 6.10 Å². The number of hydrogen-bond acceptors (Lipinski definition) is 5. The zero-order chi connectivity index (χ0) is 12.4. The molecule has 0 spiro atoms. The van der Waals surface area contributed by atoms with Gasteiger partial charge in [-0.2, -0.15) is 0 Å². The zero-order valence-electron chi connectivity index (χ0n) is 9.30. The molecule has 0 atom stereocenters. The fourth-order valence-corrected chi connectivity index (χ4v) is 1.47. The fourth-order valence-electron chi connectivity index (χ4n) is 1.47. The molecule has 2 rings (SSSR count). The van der Waals surface area contributed by atoms with Gasteiger partial charge >= 0.3 is 5.97 Å². The van der Waals surface area contributed by atoms with E-state index in [1.165, 1.54) is 19.2 Å². The van der Waals surface area contributed by atoms with Crippen molar-refractivity contribution in [2.75, 3.05) is 26.1 Å². The Kier molecular flexibility index (Phi) is 3.06. The third kappa shape index (κ3) is 2.26. The van der Waals surface area contributed by atoms with Crippen molar-refractivity contribution in [1.29, 1.82) is 0 Å². The van der Waals surface area contributed by atoms with Crippen molar-refractivity contribution < 1.29 is 24.1 Å². The van der Waals surface area contributed by atoms with E-state index < -0.39 is 5.97 Å². The van der Waals surface area contributed by atoms with Crippen molar-refractivity contribution in [2.24, 2.45) is 0 Å². The molecular formula is C11H13NO5. The summed E-state index contributed by atoms with van der Waals surface area (Å²) in [6.45, 7) is 1.01. The Balaban J connectivity index is 2.32. The van der Waals surface area contributed by atoms with Crippen molar-refractivity contribution in [3.05, 3.63) is 17.7 Å². The molecule has 1 heterocycles. The monoisotopic (exact) mass is 239 g/mol. The maximum atomic E-state index is 10.9. The van der Waals surface area contributed by atoms with Crippen LogP contribution in [0.4, 0.5) is 5.69 Å². The first kappa shape index (κ1) is 11.5. The van der Waals surface area contributed by atoms with Gasteiger partial charge in [-0.3, -0.25) is 0 Å². The Morgan fingerprint density at radius 3 is 2.71 bits per heavy atom. The first-order valence-electron chi connectivity index (χ1n) is 5.07. The largest absolute Gasteiger partial charge is 0.493 e. The summed E-state index contributed by atoms with van der Waals surface area (Å²) in [6.07, 6.45) is -0.0538. The highest BCUT2D eigenvalue weighted by Crippen LogP contribution is 2.36. The van der Waals surface area contributed by atoms with Crippen LogP contribution in [0.5, 0.6) is 11.5 Å². The predicted octanol–water partition coefficient (Wildman–Crippen LogP) is 0.753. The first-order valence-corrected chi connectivity index (χ1v) is 5.07. The van der Waals surface area contributed by atoms with Crippen molar-refractivity contribution in [3.63, 3.8) is 0 Å². The van der Waals surface area contributed by atoms with Crippen LogP contribution in [0.3, 0.4) is 0 Å². The quantitative estimate of drug-likeness (QED) is 0.753. The van der Waals surface area contributed by atoms with Gasteiger partial charge in [-0.25, -0.2) is 4.79 Å². The summed E-state index contributed by atoms with van der Waals surface area (Å²) in [4.78, 5) is 10.9. The van der Waals surface area contributed by atoms with Crippen LogP contribution in [-0.4, -0.2) is 37.5 Å². The van der Waals surface area contributed by atoms with Crippen LogP contribution < -0.4 is 15.2 Å². The third-order valence-electron chi connectivity index (χ3n) is 2.44. The van der Waals surface area contributed by atoms with Gasteiger partial charge in [0.25, 0.3) is 0 Å². The third-order valence-corrected chi connectivity index (χ3v) is 2.44. The lowest BCUT2D eigenvalue weighted by molar-refractivity contribution is -0.0800. The molecule has 0 bridgehead atoms. The lowest BCUT2D eigenvalue weighted by atomic mass is 10.1. The fraction of sp³-hybridized carbons (Fsp3) is 0.364. The molecule has 6 heteroatoms. The molecule has 0 aromatic heterocycles. The van der Waals surface area contributed by atoms with E-state index in [9.17, 15) is 4.79 Å². The minimum atomic E-state index is -1.06. The van der Waals surface area contributed by atoms with Crippen molar-refractivity contribution >= 4 is 11.7 Å². The number of nitrogens with two attached hydrogens (primary N) is 1. The second-order valence-corrected chi connectivity index (χ2v) is 3.68. The molecule has 92 valence electrons. The molecule has 0 radical (unpaired) electrons. The SMILES string of the molecule is COc1cc(C(=O)O)cc(N)c1OC1COC1. The lowest BCUT2D eigenvalue weighted by Gasteiger charge is -2.28. The number of nitrogen functional groups attached to an aromatic ring is 1. The van der Waals surface area contributed by atoms with Gasteiger partial charge < -0.3 is 25.1 Å². The number of rotatable bonds is 4. The normalized spacial score (nSPS) is 15.1. The van der Waals surface area contributed by atoms with E-state index in [-0.39, 0.29) is 17.4 Å². The van der Waals surface area contributed by atoms with Gasteiger partial charge in [-0.1, -0.05) is 0 Å². The molecule has 1 aliphatic rings. The van der Waals surface area contributed by atoms with E-state index in [0.29, 0.717) is 24.7 Å². The van der Waals surface area contributed by atoms with E-state index in [4.69, 9.17) is 25.1 Å². The number of anilines is 1. The zero-order valence-corrected chi connectivity index (χ0v) is 9.30. The van der Waals surface area contributed by atoms with Crippen LogP contribution in [-0.2, 0) is 4.74 Å². The summed E-state index contributed by atoms with van der Waals surface area (Å²) in [5.74, 6) is -0.381. The number of ether oxygens (including phenoxy) is 3. The number of hydrogen-bond donors (Lipinski definition) is 2. The molecule has 0 aliphatic carbocycles. The lowest BCUT2D eigenvalue weighted by Crippen LogP contribution is -2.38. The summed E-state index contributed by atoms with van der Waals surface area (Å²) >= 11 is 0. The Labute approximate surface area is 97.9 Å². The van der Waals surface area contributed by atoms with Crippen LogP contribution in [0.25, 0.3) is 0 Å². The van der Waals surface area contributed by atoms with Crippen LogP contribution in [0, 0.1) is 0 Å². The Hall–Kier alpha value is -1.95. The molecule has 0 saturated carbocycles. The van der Waals surface area contributed by atoms with Crippen molar-refractivity contribution in [3.8, 4) is 11.5 Å². The number of aromatic carboxylic acids is 1. The summed E-state index contributed by atoms with van der Waals surface area (Å²) in [5, 5.41) is 8.89. The van der Waals surface area contributed by atoms with E-state index >= 15 is 0 Å². The number of carboxylic acids is 1. The average molecular weight is 239 g/mol. The van der Waals surface area contributed by atoms with Gasteiger partial charge in [-0.15, -0.1) is 0 Å². The summed E-state index contributed by atoms with van der Waals surface area (Å²) < 4.78 is 15.6. The smallest absolute Gasteiger partial charge is 0.335 e. The van der Waals surface area contributed by atoms with Gasteiger partial charge in [-0.05, 0) is 12.1 Å². The second-order valence-electron chi connectivity index (χ2n) is 3.68. The molecule has 6 nitrogen and oxygen atoms in total. The maximum Gasteiger partial charge on any atom is 0.335 e. The first-order chi connectivity index (χ1) is 8.11. The maximum absolute atomic E-state index is 10.9. The average Bonchev–Trinajstić information content (AvgIpc) is 2.23. The van der Waals surface area contributed by atoms with Crippen LogP contribution >= 0.6 is 0 Å². The Bertz CT molecular complexity index is 442. The summed E-state index contributed by atoms with van der Waals surface area (Å²) in [6, 6.07) is 2.73. The van der Waals surface area contributed by atoms with E-state index in [2.05, 4.69) is 0 Å². The predicted molar refractivity (Wildman–Crippen MR) is 59.6 cm³/mol. The minimum Gasteiger partial charge on any atom is -0.493 e. The molecular weight excluding hydrogens is 226 g/mol. The van der Waals surface area contributed by atoms with E-state index in [1.807, 2.05) is 0 Å². The highest BCUT2D eigenvalue weighted by Gasteiger charge is 2.24. The molecule has 17 heavy (non-hydrogen) atoms. The number of carboxylic acid groups (broad SMARTS) is 1. The Morgan fingerprint density at radius 1 is 1.53 bits per heavy atom. The molecule has 1 aromatic rings. The van der Waals surface area contributed by atoms with Crippen LogP contribution in [0.2, 0.25) is 0 Å². The topological polar surface area (TPSA) is 91.0 Å². The van der Waals surface area contributed by atoms with Gasteiger partial charge in [0.05, 0.1) is 31.6 Å². The van der Waals surface area contributed by atoms with Gasteiger partial charge in [0.15, 0.2) is 11.5 Å². The summed E-state index contributed by atoms with van der Waals surface area (Å²) in [5.41, 5.74) is 6.06. The summed E-state index contributed by atoms with van der Waals surface area (Å²) in [7, 11) is 1.44. The standard InChI is InChI=1S/C11H13NO5/c1-15-9-3-6(11(13)14)2-8(12)10(9)17-7-4-16-5-7/h2-3,7H,4-5,12H2,1H3,(H,13,14). The van der Waals surface area contributed by atoms with Gasteiger partial charge in [0.2, 0.25) is 0 Å². The molecule has 1 aliphatic heterocycles. The second kappa shape index (κ2) is 4.50. The molecule has 1 fully saturated rings. The van der Waals surface area contributed by atoms with Crippen LogP contribution in [0.1, 0.15) is 10.4 Å². The van der Waals surface area contributed by atoms with Crippen molar-refractivity contribution in [1.82, 2.24) is 0 Å². The molecule has 1 aromatic carbocycles. The van der Waals surface area contributed by atoms with Gasteiger partial charge in [0.1, 0.15) is 6.10 Å². The molecule has 1 saturated heterocycles. The molecule has 0 unspecified atom stereocenters. The molecule has 3 N–H and O–H groups in total. The van der Waals surface area contributed by atoms with E-state index in [0.717, 1.165) is 0 Å². The highest BCUT2D eigenvalue weighted by molar-refractivity contribution is 5.90. The van der Waals surface area contributed by atoms with E-state index in [1.54, 1.807) is 0 Å². The molecule has 0 amide bonds.